The highest BCUT2D eigenvalue weighted by Crippen LogP contribution is 2.08. The van der Waals surface area contributed by atoms with Crippen LogP contribution in [0.4, 0.5) is 0 Å². The second-order valence-electron chi connectivity index (χ2n) is 8.00. The van der Waals surface area contributed by atoms with Crippen LogP contribution in [0.5, 0.6) is 0 Å². The zero-order valence-corrected chi connectivity index (χ0v) is 20.6. The lowest BCUT2D eigenvalue weighted by molar-refractivity contribution is -0.139. The summed E-state index contributed by atoms with van der Waals surface area (Å²) in [6, 6.07) is 7.01. The minimum Gasteiger partial charge on any atom is -0.480 e. The minimum absolute atomic E-state index is 0.162. The Bertz CT molecular complexity index is 721. The highest BCUT2D eigenvalue weighted by Gasteiger charge is 2.28. The van der Waals surface area contributed by atoms with Crippen molar-refractivity contribution < 1.29 is 19.5 Å². The summed E-state index contributed by atoms with van der Waals surface area (Å²) in [6.07, 6.45) is 2.93. The zero-order valence-electron chi connectivity index (χ0n) is 18.9. The third kappa shape index (κ3) is 10.2. The molecule has 0 aliphatic rings. The molecule has 1 aromatic carbocycles. The smallest absolute Gasteiger partial charge is 0.320 e. The maximum atomic E-state index is 13.0. The summed E-state index contributed by atoms with van der Waals surface area (Å²) < 4.78 is 0. The molecule has 0 bridgehead atoms. The van der Waals surface area contributed by atoms with Crippen LogP contribution in [0.1, 0.15) is 25.8 Å². The first-order chi connectivity index (χ1) is 15.2. The zero-order chi connectivity index (χ0) is 24.1. The van der Waals surface area contributed by atoms with Crippen molar-refractivity contribution in [3.05, 3.63) is 35.9 Å². The summed E-state index contributed by atoms with van der Waals surface area (Å²) in [5, 5.41) is 18.3. The number of benzene rings is 1. The lowest BCUT2D eigenvalue weighted by Crippen LogP contribution is -2.57. The normalized spacial score (nSPS) is 14.9. The maximum absolute atomic E-state index is 13.0. The van der Waals surface area contributed by atoms with E-state index in [1.807, 2.05) is 50.4 Å². The first-order valence-electron chi connectivity index (χ1n) is 10.7. The lowest BCUT2D eigenvalue weighted by Gasteiger charge is -2.27. The number of carbonyl (C=O) groups is 3. The van der Waals surface area contributed by atoms with Crippen LogP contribution in [-0.2, 0) is 20.8 Å². The average molecular weight is 485 g/mol. The Morgan fingerprint density at radius 2 is 1.78 bits per heavy atom. The van der Waals surface area contributed by atoms with Gasteiger partial charge in [0.2, 0.25) is 11.8 Å². The Morgan fingerprint density at radius 3 is 2.31 bits per heavy atom. The van der Waals surface area contributed by atoms with Crippen LogP contribution in [0.25, 0.3) is 0 Å². The first-order valence-corrected chi connectivity index (χ1v) is 12.7. The highest BCUT2D eigenvalue weighted by molar-refractivity contribution is 7.98. The second-order valence-corrected chi connectivity index (χ2v) is 9.35. The van der Waals surface area contributed by atoms with E-state index in [0.29, 0.717) is 18.6 Å². The second kappa shape index (κ2) is 15.2. The molecule has 180 valence electrons. The molecule has 1 aromatic rings. The molecule has 0 aliphatic heterocycles. The maximum Gasteiger partial charge on any atom is 0.320 e. The molecule has 6 N–H and O–H groups in total. The number of rotatable bonds is 15. The molecule has 1 rings (SSSR count). The number of carboxylic acids is 1. The van der Waals surface area contributed by atoms with Crippen LogP contribution in [0, 0.1) is 5.92 Å². The van der Waals surface area contributed by atoms with Crippen molar-refractivity contribution in [2.24, 2.45) is 11.7 Å². The molecule has 0 spiro atoms. The number of nitrogens with two attached hydrogens (primary N) is 1. The van der Waals surface area contributed by atoms with Crippen molar-refractivity contribution in [2.75, 3.05) is 24.3 Å². The van der Waals surface area contributed by atoms with Gasteiger partial charge in [-0.05, 0) is 36.3 Å². The summed E-state index contributed by atoms with van der Waals surface area (Å²) in [7, 11) is 0. The van der Waals surface area contributed by atoms with Crippen molar-refractivity contribution in [1.29, 1.82) is 0 Å². The molecule has 10 heteroatoms. The van der Waals surface area contributed by atoms with Gasteiger partial charge in [0.05, 0.1) is 6.04 Å². The van der Waals surface area contributed by atoms with E-state index in [4.69, 9.17) is 5.73 Å². The molecule has 0 fully saturated rings. The van der Waals surface area contributed by atoms with Gasteiger partial charge in [-0.25, -0.2) is 0 Å². The number of carbonyl (C=O) groups excluding carboxylic acids is 2. The van der Waals surface area contributed by atoms with E-state index in [2.05, 4.69) is 28.6 Å². The number of hydrogen-bond acceptors (Lipinski definition) is 7. The molecule has 4 atom stereocenters. The number of hydrogen-bond donors (Lipinski definition) is 6. The largest absolute Gasteiger partial charge is 0.480 e. The topological polar surface area (TPSA) is 134 Å². The van der Waals surface area contributed by atoms with E-state index >= 15 is 0 Å². The summed E-state index contributed by atoms with van der Waals surface area (Å²) in [4.78, 5) is 36.8. The van der Waals surface area contributed by atoms with Crippen LogP contribution >= 0.6 is 24.4 Å². The molecule has 0 unspecified atom stereocenters. The van der Waals surface area contributed by atoms with Gasteiger partial charge < -0.3 is 26.8 Å². The van der Waals surface area contributed by atoms with Gasteiger partial charge in [0.25, 0.3) is 0 Å². The van der Waals surface area contributed by atoms with Crippen molar-refractivity contribution in [1.82, 2.24) is 16.0 Å². The number of aliphatic carboxylic acids is 1. The average Bonchev–Trinajstić information content (AvgIpc) is 2.76. The van der Waals surface area contributed by atoms with Crippen LogP contribution in [0.15, 0.2) is 30.3 Å². The first kappa shape index (κ1) is 28.3. The third-order valence-corrected chi connectivity index (χ3v) is 6.01. The van der Waals surface area contributed by atoms with E-state index < -0.39 is 30.0 Å². The molecule has 0 saturated heterocycles. The Kier molecular flexibility index (Phi) is 13.4. The minimum atomic E-state index is -0.920. The van der Waals surface area contributed by atoms with Gasteiger partial charge in [-0.2, -0.15) is 24.4 Å². The molecular weight excluding hydrogens is 448 g/mol. The van der Waals surface area contributed by atoms with Gasteiger partial charge in [0, 0.05) is 18.3 Å². The van der Waals surface area contributed by atoms with Crippen LogP contribution < -0.4 is 21.7 Å². The van der Waals surface area contributed by atoms with Gasteiger partial charge in [0.15, 0.2) is 0 Å². The number of carboxylic acid groups (broad SMARTS) is 1. The number of thiol groups is 1. The van der Waals surface area contributed by atoms with Crippen molar-refractivity contribution >= 4 is 42.2 Å². The van der Waals surface area contributed by atoms with E-state index in [-0.39, 0.29) is 30.2 Å². The quantitative estimate of drug-likeness (QED) is 0.204. The van der Waals surface area contributed by atoms with Crippen molar-refractivity contribution in [3.63, 3.8) is 0 Å². The van der Waals surface area contributed by atoms with Crippen molar-refractivity contribution in [2.45, 2.75) is 50.9 Å². The molecule has 0 radical (unpaired) electrons. The van der Waals surface area contributed by atoms with E-state index in [0.717, 1.165) is 5.56 Å². The number of amides is 2. The Balaban J connectivity index is 2.93. The number of thioether (sulfide) groups is 1. The monoisotopic (exact) mass is 484 g/mol. The van der Waals surface area contributed by atoms with Gasteiger partial charge in [0.1, 0.15) is 12.1 Å². The Hall–Kier alpha value is -1.75. The molecule has 0 aromatic heterocycles. The van der Waals surface area contributed by atoms with E-state index in [1.165, 1.54) is 0 Å². The van der Waals surface area contributed by atoms with Gasteiger partial charge >= 0.3 is 5.97 Å². The molecule has 8 nitrogen and oxygen atoms in total. The SMILES string of the molecule is CSCC[C@H](NC[C@H](Cc1ccccc1)NC(=O)[C@@H](NC(=O)[C@@H](N)CS)C(C)C)C(=O)O. The highest BCUT2D eigenvalue weighted by atomic mass is 32.2. The fourth-order valence-electron chi connectivity index (χ4n) is 3.08. The van der Waals surface area contributed by atoms with Gasteiger partial charge in [-0.3, -0.25) is 14.4 Å². The third-order valence-electron chi connectivity index (χ3n) is 4.97. The molecule has 32 heavy (non-hydrogen) atoms. The summed E-state index contributed by atoms with van der Waals surface area (Å²) in [6.45, 7) is 3.95. The fraction of sp³-hybridized carbons (Fsp3) is 0.591. The Labute approximate surface area is 200 Å². The summed E-state index contributed by atoms with van der Waals surface area (Å²) >= 11 is 5.62. The van der Waals surface area contributed by atoms with Gasteiger partial charge in [-0.1, -0.05) is 44.2 Å². The predicted octanol–water partition coefficient (Wildman–Crippen LogP) is 0.908. The molecule has 2 amide bonds. The van der Waals surface area contributed by atoms with Gasteiger partial charge in [-0.15, -0.1) is 0 Å². The molecular formula is C22H36N4O4S2. The lowest BCUT2D eigenvalue weighted by atomic mass is 10.0. The van der Waals surface area contributed by atoms with Crippen LogP contribution in [0.2, 0.25) is 0 Å². The summed E-state index contributed by atoms with van der Waals surface area (Å²) in [5.74, 6) is -0.965. The molecule has 0 heterocycles. The molecule has 0 saturated carbocycles. The molecule has 0 aliphatic carbocycles. The standard InChI is InChI=1S/C22H36N4O4S2/c1-14(2)19(26-20(27)17(23)13-31)21(28)25-16(11-15-7-5-4-6-8-15)12-24-18(22(29)30)9-10-32-3/h4-8,14,16-19,24,31H,9-13,23H2,1-3H3,(H,25,28)(H,26,27)(H,29,30)/t16-,17-,18-,19-/m0/s1. The summed E-state index contributed by atoms with van der Waals surface area (Å²) in [5.41, 5.74) is 6.74. The Morgan fingerprint density at radius 1 is 1.12 bits per heavy atom. The van der Waals surface area contributed by atoms with E-state index in [9.17, 15) is 19.5 Å². The van der Waals surface area contributed by atoms with Crippen LogP contribution in [0.3, 0.4) is 0 Å². The van der Waals surface area contributed by atoms with Crippen molar-refractivity contribution in [3.8, 4) is 0 Å². The van der Waals surface area contributed by atoms with E-state index in [1.54, 1.807) is 11.8 Å². The van der Waals surface area contributed by atoms with Crippen LogP contribution in [-0.4, -0.2) is 71.4 Å². The predicted molar refractivity (Wildman–Crippen MR) is 133 cm³/mol. The number of nitrogens with one attached hydrogen (secondary N) is 3. The fourth-order valence-corrected chi connectivity index (χ4v) is 3.71.